The van der Waals surface area contributed by atoms with Crippen molar-refractivity contribution in [2.24, 2.45) is 0 Å². The van der Waals surface area contributed by atoms with Crippen molar-refractivity contribution in [3.05, 3.63) is 242 Å². The molecule has 1 aromatic heterocycles. The second-order valence-corrected chi connectivity index (χ2v) is 18.1. The van der Waals surface area contributed by atoms with Crippen LogP contribution in [0.4, 0.5) is 17.1 Å². The van der Waals surface area contributed by atoms with Crippen molar-refractivity contribution in [3.63, 3.8) is 0 Å². The summed E-state index contributed by atoms with van der Waals surface area (Å²) in [6.07, 6.45) is 0. The number of rotatable bonds is 6. The molecule has 306 valence electrons. The van der Waals surface area contributed by atoms with Crippen LogP contribution in [0, 0.1) is 0 Å². The molecule has 0 atom stereocenters. The van der Waals surface area contributed by atoms with Gasteiger partial charge in [-0.1, -0.05) is 166 Å². The smallest absolute Gasteiger partial charge is 0.0541 e. The number of nitrogens with zero attached hydrogens (tertiary/aromatic N) is 2. The summed E-state index contributed by atoms with van der Waals surface area (Å²) in [7, 11) is 0. The molecule has 0 N–H and O–H groups in total. The Morgan fingerprint density at radius 1 is 0.308 bits per heavy atom. The number of aromatic nitrogens is 1. The Morgan fingerprint density at radius 2 is 0.754 bits per heavy atom. The molecule has 0 fully saturated rings. The normalized spacial score (nSPS) is 12.9. The molecule has 0 spiro atoms. The first-order valence-corrected chi connectivity index (χ1v) is 22.7. The second-order valence-electron chi connectivity index (χ2n) is 18.1. The standard InChI is InChI=1S/C63H44N2/c1-63(2)59-24-14-13-23-54(59)55-33-27-44(39-60(55)63)43-29-36-62-58(38-43)57-37-42(41-25-30-47(31-26-41)64(45-15-5-3-6-16-45)46-17-7-4-8-18-46)28-35-61(57)65(62)48-32-34-53-51-21-10-9-19-49(51)50-20-11-12-22-52(50)56(53)40-48/h3-40H,1-2H3. The van der Waals surface area contributed by atoms with Gasteiger partial charge >= 0.3 is 0 Å². The molecule has 0 radical (unpaired) electrons. The van der Waals surface area contributed by atoms with Crippen LogP contribution in [0.5, 0.6) is 0 Å². The van der Waals surface area contributed by atoms with Gasteiger partial charge in [0.1, 0.15) is 0 Å². The summed E-state index contributed by atoms with van der Waals surface area (Å²) in [5.74, 6) is 0. The third-order valence-corrected chi connectivity index (χ3v) is 14.2. The van der Waals surface area contributed by atoms with Crippen molar-refractivity contribution < 1.29 is 0 Å². The van der Waals surface area contributed by atoms with Crippen LogP contribution in [0.3, 0.4) is 0 Å². The van der Waals surface area contributed by atoms with Gasteiger partial charge in [-0.2, -0.15) is 0 Å². The second kappa shape index (κ2) is 14.4. The molecule has 0 bridgehead atoms. The first-order chi connectivity index (χ1) is 32.0. The highest BCUT2D eigenvalue weighted by Crippen LogP contribution is 2.50. The predicted molar refractivity (Wildman–Crippen MR) is 276 cm³/mol. The minimum absolute atomic E-state index is 0.0721. The number of hydrogen-bond acceptors (Lipinski definition) is 1. The summed E-state index contributed by atoms with van der Waals surface area (Å²) in [6, 6.07) is 85.1. The van der Waals surface area contributed by atoms with Gasteiger partial charge in [-0.15, -0.1) is 0 Å². The lowest BCUT2D eigenvalue weighted by Gasteiger charge is -2.25. The van der Waals surface area contributed by atoms with Gasteiger partial charge in [0, 0.05) is 38.9 Å². The molecule has 1 aliphatic rings. The van der Waals surface area contributed by atoms with E-state index in [-0.39, 0.29) is 5.41 Å². The van der Waals surface area contributed by atoms with Crippen molar-refractivity contribution in [1.29, 1.82) is 0 Å². The summed E-state index contributed by atoms with van der Waals surface area (Å²) in [5.41, 5.74) is 17.1. The van der Waals surface area contributed by atoms with Gasteiger partial charge in [-0.3, -0.25) is 0 Å². The van der Waals surface area contributed by atoms with Crippen molar-refractivity contribution in [1.82, 2.24) is 4.57 Å². The van der Waals surface area contributed by atoms with Gasteiger partial charge in [0.2, 0.25) is 0 Å². The highest BCUT2D eigenvalue weighted by atomic mass is 15.1. The predicted octanol–water partition coefficient (Wildman–Crippen LogP) is 17.4. The summed E-state index contributed by atoms with van der Waals surface area (Å²) in [5, 5.41) is 10.1. The van der Waals surface area contributed by atoms with Gasteiger partial charge in [0.05, 0.1) is 11.0 Å². The molecule has 0 saturated carbocycles. The molecule has 11 aromatic carbocycles. The summed E-state index contributed by atoms with van der Waals surface area (Å²) in [4.78, 5) is 2.32. The number of benzene rings is 11. The molecule has 1 aliphatic carbocycles. The van der Waals surface area contributed by atoms with Gasteiger partial charge in [0.15, 0.2) is 0 Å². The quantitative estimate of drug-likeness (QED) is 0.152. The van der Waals surface area contributed by atoms with Crippen molar-refractivity contribution in [2.45, 2.75) is 19.3 Å². The van der Waals surface area contributed by atoms with E-state index in [2.05, 4.69) is 254 Å². The third-order valence-electron chi connectivity index (χ3n) is 14.2. The lowest BCUT2D eigenvalue weighted by Crippen LogP contribution is -2.14. The maximum atomic E-state index is 2.48. The summed E-state index contributed by atoms with van der Waals surface area (Å²) >= 11 is 0. The fourth-order valence-corrected chi connectivity index (χ4v) is 11.0. The van der Waals surface area contributed by atoms with E-state index < -0.39 is 0 Å². The fourth-order valence-electron chi connectivity index (χ4n) is 11.0. The zero-order valence-electron chi connectivity index (χ0n) is 36.3. The Balaban J connectivity index is 0.991. The molecule has 0 amide bonds. The Kier molecular flexibility index (Phi) is 8.29. The SMILES string of the molecule is CC1(C)c2ccccc2-c2ccc(-c3ccc4c(c3)c3cc(-c5ccc(N(c6ccccc6)c6ccccc6)cc5)ccc3n4-c3ccc4c5ccccc5c5ccccc5c4c3)cc21. The Labute approximate surface area is 378 Å². The van der Waals surface area contributed by atoms with Crippen LogP contribution < -0.4 is 4.90 Å². The highest BCUT2D eigenvalue weighted by molar-refractivity contribution is 6.25. The molecule has 2 heteroatoms. The molecule has 2 nitrogen and oxygen atoms in total. The fraction of sp³-hybridized carbons (Fsp3) is 0.0476. The highest BCUT2D eigenvalue weighted by Gasteiger charge is 2.35. The van der Waals surface area contributed by atoms with Crippen LogP contribution in [-0.4, -0.2) is 4.57 Å². The maximum absolute atomic E-state index is 2.48. The zero-order chi connectivity index (χ0) is 43.2. The largest absolute Gasteiger partial charge is 0.311 e. The van der Waals surface area contributed by atoms with E-state index in [9.17, 15) is 0 Å². The summed E-state index contributed by atoms with van der Waals surface area (Å²) in [6.45, 7) is 4.73. The van der Waals surface area contributed by atoms with Gasteiger partial charge in [0.25, 0.3) is 0 Å². The monoisotopic (exact) mass is 828 g/mol. The number of fused-ring (bicyclic) bond motifs is 12. The maximum Gasteiger partial charge on any atom is 0.0541 e. The molecule has 0 saturated heterocycles. The molecule has 13 rings (SSSR count). The minimum atomic E-state index is -0.0721. The summed E-state index contributed by atoms with van der Waals surface area (Å²) < 4.78 is 2.48. The molecule has 65 heavy (non-hydrogen) atoms. The van der Waals surface area contributed by atoms with Crippen molar-refractivity contribution >= 4 is 71.2 Å². The van der Waals surface area contributed by atoms with Crippen LogP contribution in [-0.2, 0) is 5.41 Å². The average Bonchev–Trinajstić information content (AvgIpc) is 3.81. The van der Waals surface area contributed by atoms with Gasteiger partial charge < -0.3 is 9.47 Å². The van der Waals surface area contributed by atoms with E-state index >= 15 is 0 Å². The third kappa shape index (κ3) is 5.81. The van der Waals surface area contributed by atoms with Crippen LogP contribution in [0.15, 0.2) is 231 Å². The van der Waals surface area contributed by atoms with E-state index in [1.165, 1.54) is 98.6 Å². The van der Waals surface area contributed by atoms with E-state index in [1.54, 1.807) is 0 Å². The van der Waals surface area contributed by atoms with Crippen molar-refractivity contribution in [2.75, 3.05) is 4.90 Å². The number of hydrogen-bond donors (Lipinski definition) is 0. The molecule has 12 aromatic rings. The van der Waals surface area contributed by atoms with Crippen LogP contribution in [0.25, 0.3) is 93.2 Å². The Hall–Kier alpha value is -8.20. The average molecular weight is 829 g/mol. The van der Waals surface area contributed by atoms with Crippen LogP contribution in [0.2, 0.25) is 0 Å². The first kappa shape index (κ1) is 37.4. The van der Waals surface area contributed by atoms with E-state index in [4.69, 9.17) is 0 Å². The molecular formula is C63H44N2. The van der Waals surface area contributed by atoms with E-state index in [1.807, 2.05) is 0 Å². The first-order valence-electron chi connectivity index (χ1n) is 22.7. The number of para-hydroxylation sites is 2. The Morgan fingerprint density at radius 3 is 1.37 bits per heavy atom. The van der Waals surface area contributed by atoms with Gasteiger partial charge in [-0.25, -0.2) is 0 Å². The topological polar surface area (TPSA) is 8.17 Å². The van der Waals surface area contributed by atoms with Crippen LogP contribution in [0.1, 0.15) is 25.0 Å². The van der Waals surface area contributed by atoms with Crippen LogP contribution >= 0.6 is 0 Å². The molecule has 1 heterocycles. The lowest BCUT2D eigenvalue weighted by atomic mass is 9.81. The van der Waals surface area contributed by atoms with E-state index in [0.29, 0.717) is 0 Å². The number of anilines is 3. The van der Waals surface area contributed by atoms with Gasteiger partial charge in [-0.05, 0) is 156 Å². The minimum Gasteiger partial charge on any atom is -0.311 e. The molecule has 0 unspecified atom stereocenters. The Bertz CT molecular complexity index is 3760. The molecular weight excluding hydrogens is 785 g/mol. The zero-order valence-corrected chi connectivity index (χ0v) is 36.3. The lowest BCUT2D eigenvalue weighted by molar-refractivity contribution is 0.660. The van der Waals surface area contributed by atoms with Crippen molar-refractivity contribution in [3.8, 4) is 39.1 Å². The van der Waals surface area contributed by atoms with E-state index in [0.717, 1.165) is 22.7 Å². The molecule has 0 aliphatic heterocycles.